The molecule has 2 aromatic carbocycles. The minimum atomic E-state index is -0.750. The Morgan fingerprint density at radius 2 is 1.97 bits per heavy atom. The van der Waals surface area contributed by atoms with Crippen molar-refractivity contribution in [2.24, 2.45) is 5.92 Å². The Bertz CT molecular complexity index is 1090. The van der Waals surface area contributed by atoms with Crippen LogP contribution in [-0.2, 0) is 11.2 Å². The zero-order chi connectivity index (χ0) is 21.3. The summed E-state index contributed by atoms with van der Waals surface area (Å²) in [6.07, 6.45) is 0.367. The Morgan fingerprint density at radius 3 is 2.73 bits per heavy atom. The number of amides is 2. The number of carbonyl (C=O) groups excluding carboxylic acids is 2. The number of aliphatic hydroxyl groups is 2. The van der Waals surface area contributed by atoms with Crippen LogP contribution in [0, 0.1) is 5.92 Å². The normalized spacial score (nSPS) is 16.2. The van der Waals surface area contributed by atoms with E-state index in [9.17, 15) is 19.8 Å². The number of aliphatic hydroxyl groups excluding tert-OH is 2. The quantitative estimate of drug-likeness (QED) is 0.483. The molecule has 2 heterocycles. The Morgan fingerprint density at radius 1 is 1.20 bits per heavy atom. The van der Waals surface area contributed by atoms with Crippen LogP contribution in [0.25, 0.3) is 10.9 Å². The highest BCUT2D eigenvalue weighted by Gasteiger charge is 2.35. The van der Waals surface area contributed by atoms with Crippen molar-refractivity contribution >= 4 is 40.0 Å². The number of aromatic amines is 1. The second-order valence-corrected chi connectivity index (χ2v) is 7.89. The van der Waals surface area contributed by atoms with Gasteiger partial charge < -0.3 is 25.4 Å². The number of nitrogens with one attached hydrogen (secondary N) is 2. The number of para-hydroxylation sites is 1. The number of aromatic nitrogens is 1. The topological polar surface area (TPSA) is 106 Å². The molecule has 4 rings (SSSR count). The summed E-state index contributed by atoms with van der Waals surface area (Å²) in [4.78, 5) is 30.6. The molecule has 0 aliphatic carbocycles. The first-order valence-corrected chi connectivity index (χ1v) is 10.1. The lowest BCUT2D eigenvalue weighted by molar-refractivity contribution is -0.121. The highest BCUT2D eigenvalue weighted by Crippen LogP contribution is 2.29. The molecule has 0 bridgehead atoms. The first-order valence-electron chi connectivity index (χ1n) is 9.70. The minimum Gasteiger partial charge on any atom is -0.396 e. The Kier molecular flexibility index (Phi) is 5.76. The van der Waals surface area contributed by atoms with Crippen LogP contribution in [0.3, 0.4) is 0 Å². The molecule has 0 fully saturated rings. The molecule has 1 aliphatic rings. The predicted molar refractivity (Wildman–Crippen MR) is 115 cm³/mol. The molecule has 7 nitrogen and oxygen atoms in total. The number of nitrogens with zero attached hydrogens (tertiary/aromatic N) is 1. The lowest BCUT2D eigenvalue weighted by atomic mass is 9.95. The third kappa shape index (κ3) is 3.92. The van der Waals surface area contributed by atoms with Crippen molar-refractivity contribution in [3.05, 3.63) is 64.8 Å². The van der Waals surface area contributed by atoms with Gasteiger partial charge in [0.1, 0.15) is 11.7 Å². The van der Waals surface area contributed by atoms with E-state index in [1.807, 2.05) is 24.3 Å². The maximum atomic E-state index is 13.2. The van der Waals surface area contributed by atoms with Gasteiger partial charge in [-0.05, 0) is 35.9 Å². The smallest absolute Gasteiger partial charge is 0.268 e. The molecule has 0 radical (unpaired) electrons. The van der Waals surface area contributed by atoms with E-state index in [1.165, 1.54) is 4.90 Å². The van der Waals surface area contributed by atoms with Crippen molar-refractivity contribution in [2.75, 3.05) is 24.7 Å². The molecule has 156 valence electrons. The molecule has 0 spiro atoms. The molecular weight excluding hydrogens is 406 g/mol. The summed E-state index contributed by atoms with van der Waals surface area (Å²) in [6, 6.07) is 13.7. The molecule has 1 aromatic heterocycles. The average Bonchev–Trinajstić information content (AvgIpc) is 3.17. The molecule has 3 aromatic rings. The largest absolute Gasteiger partial charge is 0.396 e. The van der Waals surface area contributed by atoms with Crippen LogP contribution in [0.4, 0.5) is 5.69 Å². The van der Waals surface area contributed by atoms with Crippen molar-refractivity contribution in [1.29, 1.82) is 0 Å². The summed E-state index contributed by atoms with van der Waals surface area (Å²) in [5.74, 6) is -1.12. The number of fused-ring (bicyclic) bond motifs is 2. The second kappa shape index (κ2) is 8.47. The number of rotatable bonds is 6. The first kappa shape index (κ1) is 20.4. The van der Waals surface area contributed by atoms with Gasteiger partial charge in [0, 0.05) is 53.7 Å². The van der Waals surface area contributed by atoms with Crippen molar-refractivity contribution in [3.63, 3.8) is 0 Å². The number of anilines is 1. The zero-order valence-corrected chi connectivity index (χ0v) is 16.9. The Labute approximate surface area is 178 Å². The summed E-state index contributed by atoms with van der Waals surface area (Å²) in [5, 5.41) is 23.1. The lowest BCUT2D eigenvalue weighted by Gasteiger charge is -2.36. The van der Waals surface area contributed by atoms with Crippen LogP contribution in [0.5, 0.6) is 0 Å². The van der Waals surface area contributed by atoms with E-state index >= 15 is 0 Å². The molecule has 1 atom stereocenters. The van der Waals surface area contributed by atoms with Crippen molar-refractivity contribution in [3.8, 4) is 0 Å². The minimum absolute atomic E-state index is 0.167. The van der Waals surface area contributed by atoms with E-state index in [1.54, 1.807) is 24.3 Å². The summed E-state index contributed by atoms with van der Waals surface area (Å²) >= 11 is 6.01. The number of halogens is 1. The van der Waals surface area contributed by atoms with Crippen molar-refractivity contribution in [2.45, 2.75) is 12.5 Å². The van der Waals surface area contributed by atoms with Crippen LogP contribution in [0.15, 0.2) is 48.5 Å². The average molecular weight is 428 g/mol. The van der Waals surface area contributed by atoms with Gasteiger partial charge in [0.2, 0.25) is 5.91 Å². The summed E-state index contributed by atoms with van der Waals surface area (Å²) in [7, 11) is 0. The molecule has 1 unspecified atom stereocenters. The van der Waals surface area contributed by atoms with E-state index in [4.69, 9.17) is 11.6 Å². The first-order chi connectivity index (χ1) is 14.5. The van der Waals surface area contributed by atoms with Gasteiger partial charge in [0.15, 0.2) is 0 Å². The number of benzene rings is 2. The van der Waals surface area contributed by atoms with Gasteiger partial charge in [-0.2, -0.15) is 0 Å². The Hall–Kier alpha value is -2.87. The molecule has 8 heteroatoms. The van der Waals surface area contributed by atoms with Crippen LogP contribution in [0.2, 0.25) is 5.02 Å². The predicted octanol–water partition coefficient (Wildman–Crippen LogP) is 2.11. The van der Waals surface area contributed by atoms with Gasteiger partial charge in [-0.15, -0.1) is 0 Å². The highest BCUT2D eigenvalue weighted by molar-refractivity contribution is 6.31. The fourth-order valence-electron chi connectivity index (χ4n) is 3.76. The SMILES string of the molecule is O=C(NC1Cc2ccccc2N(CC(CO)CO)C1=O)c1cc2cc(Cl)ccc2[nH]1. The lowest BCUT2D eigenvalue weighted by Crippen LogP contribution is -2.54. The fraction of sp³-hybridized carbons (Fsp3) is 0.273. The van der Waals surface area contributed by atoms with Crippen LogP contribution < -0.4 is 10.2 Å². The van der Waals surface area contributed by atoms with Crippen molar-refractivity contribution < 1.29 is 19.8 Å². The zero-order valence-electron chi connectivity index (χ0n) is 16.1. The van der Waals surface area contributed by atoms with Gasteiger partial charge in [-0.3, -0.25) is 9.59 Å². The summed E-state index contributed by atoms with van der Waals surface area (Å²) < 4.78 is 0. The molecular formula is C22H22ClN3O4. The maximum absolute atomic E-state index is 13.2. The number of H-pyrrole nitrogens is 1. The maximum Gasteiger partial charge on any atom is 0.268 e. The molecule has 0 saturated carbocycles. The summed E-state index contributed by atoms with van der Waals surface area (Å²) in [6.45, 7) is -0.311. The summed E-state index contributed by atoms with van der Waals surface area (Å²) in [5.41, 5.74) is 2.77. The van der Waals surface area contributed by atoms with Gasteiger partial charge in [-0.1, -0.05) is 29.8 Å². The molecule has 0 saturated heterocycles. The van der Waals surface area contributed by atoms with E-state index in [2.05, 4.69) is 10.3 Å². The molecule has 30 heavy (non-hydrogen) atoms. The molecule has 4 N–H and O–H groups in total. The van der Waals surface area contributed by atoms with E-state index in [0.717, 1.165) is 22.2 Å². The number of hydrogen-bond acceptors (Lipinski definition) is 4. The molecule has 1 aliphatic heterocycles. The third-order valence-electron chi connectivity index (χ3n) is 5.36. The van der Waals surface area contributed by atoms with E-state index in [0.29, 0.717) is 17.1 Å². The highest BCUT2D eigenvalue weighted by atomic mass is 35.5. The van der Waals surface area contributed by atoms with Gasteiger partial charge in [0.25, 0.3) is 5.91 Å². The van der Waals surface area contributed by atoms with Crippen LogP contribution >= 0.6 is 11.6 Å². The number of carbonyl (C=O) groups is 2. The van der Waals surface area contributed by atoms with Crippen LogP contribution in [-0.4, -0.2) is 52.8 Å². The standard InChI is InChI=1S/C22H22ClN3O4/c23-16-5-6-17-15(7-16)9-18(24-17)21(29)25-19-8-14-3-1-2-4-20(14)26(22(19)30)10-13(11-27)12-28/h1-7,9,13,19,24,27-28H,8,10-12H2,(H,25,29). The van der Waals surface area contributed by atoms with Crippen LogP contribution in [0.1, 0.15) is 16.1 Å². The third-order valence-corrected chi connectivity index (χ3v) is 5.60. The second-order valence-electron chi connectivity index (χ2n) is 7.45. The monoisotopic (exact) mass is 427 g/mol. The van der Waals surface area contributed by atoms with Gasteiger partial charge >= 0.3 is 0 Å². The molecule has 2 amide bonds. The Balaban J connectivity index is 1.58. The van der Waals surface area contributed by atoms with E-state index < -0.39 is 12.0 Å². The fourth-order valence-corrected chi connectivity index (χ4v) is 3.94. The van der Waals surface area contributed by atoms with Crippen molar-refractivity contribution in [1.82, 2.24) is 10.3 Å². The van der Waals surface area contributed by atoms with Gasteiger partial charge in [-0.25, -0.2) is 0 Å². The number of hydrogen-bond donors (Lipinski definition) is 4. The van der Waals surface area contributed by atoms with Gasteiger partial charge in [0.05, 0.1) is 0 Å². The van der Waals surface area contributed by atoms with E-state index in [-0.39, 0.29) is 31.6 Å².